The number of ketones is 2. The van der Waals surface area contributed by atoms with Crippen molar-refractivity contribution in [1.82, 2.24) is 0 Å². The number of phenolic OH excluding ortho intramolecular Hbond substituents is 1. The maximum Gasteiger partial charge on any atom is 0.224 e. The molecule has 3 aromatic carbocycles. The van der Waals surface area contributed by atoms with Gasteiger partial charge in [0.1, 0.15) is 11.7 Å². The molecule has 0 saturated heterocycles. The van der Waals surface area contributed by atoms with Gasteiger partial charge in [0.2, 0.25) is 5.91 Å². The van der Waals surface area contributed by atoms with Crippen molar-refractivity contribution in [3.05, 3.63) is 93.6 Å². The first-order valence-electron chi connectivity index (χ1n) is 14.4. The van der Waals surface area contributed by atoms with Crippen LogP contribution in [0.2, 0.25) is 0 Å². The molecular formula is C35H36F2N2O4. The lowest BCUT2D eigenvalue weighted by atomic mass is 9.78. The third-order valence-corrected chi connectivity index (χ3v) is 8.11. The van der Waals surface area contributed by atoms with E-state index in [2.05, 4.69) is 10.6 Å². The minimum absolute atomic E-state index is 0.130. The summed E-state index contributed by atoms with van der Waals surface area (Å²) in [4.78, 5) is 39.3. The number of amides is 1. The molecule has 0 saturated carbocycles. The van der Waals surface area contributed by atoms with Crippen LogP contribution in [-0.4, -0.2) is 28.6 Å². The third-order valence-electron chi connectivity index (χ3n) is 8.11. The number of aromatic hydroxyl groups is 1. The van der Waals surface area contributed by atoms with Crippen LogP contribution < -0.4 is 10.6 Å². The second-order valence-corrected chi connectivity index (χ2v) is 13.4. The molecule has 1 heterocycles. The van der Waals surface area contributed by atoms with Gasteiger partial charge in [-0.1, -0.05) is 78.0 Å². The molecular weight excluding hydrogens is 550 g/mol. The van der Waals surface area contributed by atoms with E-state index in [9.17, 15) is 28.3 Å². The zero-order chi connectivity index (χ0) is 31.4. The molecule has 1 unspecified atom stereocenters. The summed E-state index contributed by atoms with van der Waals surface area (Å²) in [6.07, 6.45) is 4.08. The van der Waals surface area contributed by atoms with Crippen LogP contribution in [0.25, 0.3) is 6.08 Å². The van der Waals surface area contributed by atoms with Gasteiger partial charge in [0, 0.05) is 17.5 Å². The molecule has 3 aromatic rings. The number of anilines is 2. The maximum atomic E-state index is 13.8. The molecule has 1 atom stereocenters. The first-order valence-corrected chi connectivity index (χ1v) is 14.4. The number of fused-ring (bicyclic) bond motifs is 2. The fraction of sp³-hybridized carbons (Fsp3) is 0.343. The number of Topliss-reactive ketones (excluding diaryl/α,β-unsaturated/α-hetero) is 2. The highest BCUT2D eigenvalue weighted by Gasteiger charge is 2.44. The Bertz CT molecular complexity index is 1620. The first-order chi connectivity index (χ1) is 20.1. The summed E-state index contributed by atoms with van der Waals surface area (Å²) in [6, 6.07) is 10.1. The minimum Gasteiger partial charge on any atom is -0.507 e. The van der Waals surface area contributed by atoms with Crippen LogP contribution in [0.15, 0.2) is 48.5 Å². The van der Waals surface area contributed by atoms with Crippen molar-refractivity contribution >= 4 is 34.9 Å². The molecule has 0 spiro atoms. The van der Waals surface area contributed by atoms with Gasteiger partial charge in [-0.25, -0.2) is 8.78 Å². The Balaban J connectivity index is 1.34. The quantitative estimate of drug-likeness (QED) is 0.272. The minimum atomic E-state index is -1.19. The highest BCUT2D eigenvalue weighted by Crippen LogP contribution is 2.41. The van der Waals surface area contributed by atoms with E-state index in [4.69, 9.17) is 0 Å². The SMILES string of the molecule is CC(C)(C)c1cc(CCC(=O)Nc2cccc3c2NC(C2C(=O)c4cc(F)c(F)cc4C2=O)C=C3)cc(C(C)(C)C)c1O. The topological polar surface area (TPSA) is 95.5 Å². The molecule has 6 nitrogen and oxygen atoms in total. The highest BCUT2D eigenvalue weighted by atomic mass is 19.2. The smallest absolute Gasteiger partial charge is 0.224 e. The third kappa shape index (κ3) is 5.70. The van der Waals surface area contributed by atoms with E-state index in [1.165, 1.54) is 0 Å². The van der Waals surface area contributed by atoms with E-state index in [1.54, 1.807) is 24.3 Å². The Labute approximate surface area is 250 Å². The monoisotopic (exact) mass is 586 g/mol. The van der Waals surface area contributed by atoms with E-state index in [-0.39, 0.29) is 40.0 Å². The highest BCUT2D eigenvalue weighted by molar-refractivity contribution is 6.27. The predicted molar refractivity (Wildman–Crippen MR) is 164 cm³/mol. The molecule has 0 bridgehead atoms. The van der Waals surface area contributed by atoms with Crippen LogP contribution in [0.4, 0.5) is 20.2 Å². The summed E-state index contributed by atoms with van der Waals surface area (Å²) in [7, 11) is 0. The number of carbonyl (C=O) groups excluding carboxylic acids is 3. The molecule has 5 rings (SSSR count). The lowest BCUT2D eigenvalue weighted by molar-refractivity contribution is -0.116. The van der Waals surface area contributed by atoms with E-state index in [0.29, 0.717) is 17.8 Å². The molecule has 3 N–H and O–H groups in total. The van der Waals surface area contributed by atoms with Gasteiger partial charge in [-0.3, -0.25) is 14.4 Å². The number of hydrogen-bond acceptors (Lipinski definition) is 5. The van der Waals surface area contributed by atoms with Crippen molar-refractivity contribution in [1.29, 1.82) is 0 Å². The average molecular weight is 587 g/mol. The number of hydrogen-bond donors (Lipinski definition) is 3. The maximum absolute atomic E-state index is 13.8. The summed E-state index contributed by atoms with van der Waals surface area (Å²) < 4.78 is 27.7. The fourth-order valence-corrected chi connectivity index (χ4v) is 5.78. The van der Waals surface area contributed by atoms with Gasteiger partial charge in [-0.2, -0.15) is 0 Å². The van der Waals surface area contributed by atoms with Crippen molar-refractivity contribution in [2.24, 2.45) is 5.92 Å². The van der Waals surface area contributed by atoms with Crippen LogP contribution in [0, 0.1) is 17.6 Å². The van der Waals surface area contributed by atoms with Gasteiger partial charge in [0.15, 0.2) is 23.2 Å². The van der Waals surface area contributed by atoms with E-state index >= 15 is 0 Å². The molecule has 2 aliphatic rings. The Morgan fingerprint density at radius 3 is 2.00 bits per heavy atom. The second-order valence-electron chi connectivity index (χ2n) is 13.4. The Kier molecular flexibility index (Phi) is 7.53. The molecule has 0 fully saturated rings. The van der Waals surface area contributed by atoms with Crippen LogP contribution in [0.5, 0.6) is 5.75 Å². The standard InChI is InChI=1S/C35H36F2N2O4/c1-34(2,3)22-14-18(15-23(33(22)43)35(4,5)6)10-13-28(40)38-27-9-7-8-19-11-12-26(39-30(19)27)29-31(41)20-16-24(36)25(37)17-21(20)32(29)42/h7-9,11-12,14-17,26,29,39,43H,10,13H2,1-6H3,(H,38,40). The summed E-state index contributed by atoms with van der Waals surface area (Å²) >= 11 is 0. The fourth-order valence-electron chi connectivity index (χ4n) is 5.78. The summed E-state index contributed by atoms with van der Waals surface area (Å²) in [6.45, 7) is 12.3. The zero-order valence-corrected chi connectivity index (χ0v) is 25.2. The lowest BCUT2D eigenvalue weighted by Gasteiger charge is -2.28. The molecule has 8 heteroatoms. The van der Waals surface area contributed by atoms with E-state index < -0.39 is 35.2 Å². The van der Waals surface area contributed by atoms with Crippen molar-refractivity contribution < 1.29 is 28.3 Å². The number of phenols is 1. The molecule has 1 aliphatic heterocycles. The van der Waals surface area contributed by atoms with Gasteiger partial charge in [-0.15, -0.1) is 0 Å². The largest absolute Gasteiger partial charge is 0.507 e. The Morgan fingerprint density at radius 1 is 0.907 bits per heavy atom. The predicted octanol–water partition coefficient (Wildman–Crippen LogP) is 7.34. The molecule has 1 aliphatic carbocycles. The van der Waals surface area contributed by atoms with Gasteiger partial charge in [0.25, 0.3) is 0 Å². The number of rotatable bonds is 5. The zero-order valence-electron chi connectivity index (χ0n) is 25.2. The van der Waals surface area contributed by atoms with E-state index in [1.807, 2.05) is 59.7 Å². The van der Waals surface area contributed by atoms with Gasteiger partial charge < -0.3 is 15.7 Å². The first kappa shape index (κ1) is 30.1. The molecule has 0 aromatic heterocycles. The van der Waals surface area contributed by atoms with Crippen molar-refractivity contribution in [3.8, 4) is 5.75 Å². The Hall–Kier alpha value is -4.33. The van der Waals surface area contributed by atoms with Crippen molar-refractivity contribution in [3.63, 3.8) is 0 Å². The molecule has 43 heavy (non-hydrogen) atoms. The van der Waals surface area contributed by atoms with Crippen LogP contribution in [0.3, 0.4) is 0 Å². The normalized spacial score (nSPS) is 16.6. The second kappa shape index (κ2) is 10.7. The number of carbonyl (C=O) groups is 3. The molecule has 1 amide bonds. The lowest BCUT2D eigenvalue weighted by Crippen LogP contribution is -2.36. The molecule has 0 radical (unpaired) electrons. The van der Waals surface area contributed by atoms with Gasteiger partial charge in [-0.05, 0) is 57.7 Å². The van der Waals surface area contributed by atoms with Gasteiger partial charge >= 0.3 is 0 Å². The van der Waals surface area contributed by atoms with Gasteiger partial charge in [0.05, 0.1) is 17.4 Å². The van der Waals surface area contributed by atoms with Crippen LogP contribution >= 0.6 is 0 Å². The Morgan fingerprint density at radius 2 is 1.47 bits per heavy atom. The van der Waals surface area contributed by atoms with Crippen molar-refractivity contribution in [2.75, 3.05) is 10.6 Å². The number of aryl methyl sites for hydroxylation is 1. The molecule has 224 valence electrons. The number of nitrogens with one attached hydrogen (secondary N) is 2. The summed E-state index contributed by atoms with van der Waals surface area (Å²) in [5.74, 6) is -4.65. The van der Waals surface area contributed by atoms with E-state index in [0.717, 1.165) is 34.4 Å². The average Bonchev–Trinajstić information content (AvgIpc) is 3.15. The van der Waals surface area contributed by atoms with Crippen molar-refractivity contribution in [2.45, 2.75) is 71.3 Å². The number of halogens is 2. The van der Waals surface area contributed by atoms with Crippen LogP contribution in [0.1, 0.15) is 90.9 Å². The number of para-hydroxylation sites is 1. The van der Waals surface area contributed by atoms with Crippen LogP contribution in [-0.2, 0) is 22.0 Å². The summed E-state index contributed by atoms with van der Waals surface area (Å²) in [5, 5.41) is 17.2. The number of benzene rings is 3. The summed E-state index contributed by atoms with van der Waals surface area (Å²) in [5.41, 5.74) is 3.57.